The van der Waals surface area contributed by atoms with E-state index in [2.05, 4.69) is 10.3 Å². The minimum Gasteiger partial charge on any atom is -0.365 e. The Morgan fingerprint density at radius 2 is 2.08 bits per heavy atom. The molecule has 1 aromatic heterocycles. The molecule has 8 nitrogen and oxygen atoms in total. The molecule has 2 heterocycles. The number of benzene rings is 1. The highest BCUT2D eigenvalue weighted by molar-refractivity contribution is 5.83. The van der Waals surface area contributed by atoms with E-state index in [-0.39, 0.29) is 17.6 Å². The average Bonchev–Trinajstić information content (AvgIpc) is 3.10. The van der Waals surface area contributed by atoms with Crippen LogP contribution in [0, 0.1) is 10.1 Å². The van der Waals surface area contributed by atoms with E-state index in [9.17, 15) is 14.9 Å². The minimum absolute atomic E-state index is 0.0425. The summed E-state index contributed by atoms with van der Waals surface area (Å²) in [5.74, 6) is 0.449. The normalized spacial score (nSPS) is 18.0. The molecule has 3 rings (SSSR count). The van der Waals surface area contributed by atoms with Crippen molar-refractivity contribution >= 4 is 17.4 Å². The fourth-order valence-electron chi connectivity index (χ4n) is 2.87. The zero-order valence-corrected chi connectivity index (χ0v) is 13.5. The first kappa shape index (κ1) is 16.8. The summed E-state index contributed by atoms with van der Waals surface area (Å²) in [7, 11) is 0. The molecule has 1 amide bonds. The molecule has 0 radical (unpaired) electrons. The van der Waals surface area contributed by atoms with E-state index in [0.717, 1.165) is 12.0 Å². The van der Waals surface area contributed by atoms with Crippen LogP contribution in [0.3, 0.4) is 0 Å². The Bertz CT molecular complexity index is 751. The number of nitrogens with two attached hydrogens (primary N) is 1. The molecule has 2 unspecified atom stereocenters. The summed E-state index contributed by atoms with van der Waals surface area (Å²) in [6.07, 6.45) is 1.98. The predicted molar refractivity (Wildman–Crippen MR) is 92.9 cm³/mol. The maximum Gasteiger partial charge on any atom is 0.287 e. The SMILES string of the molecule is NC(C(=O)N1CCC(Nc2ccc([N+](=O)[O-])cn2)C1)c1ccccc1. The number of pyridine rings is 1. The number of carbonyl (C=O) groups excluding carboxylic acids is 1. The van der Waals surface area contributed by atoms with E-state index >= 15 is 0 Å². The zero-order chi connectivity index (χ0) is 17.8. The molecule has 0 aliphatic carbocycles. The van der Waals surface area contributed by atoms with Crippen LogP contribution in [0.15, 0.2) is 48.7 Å². The summed E-state index contributed by atoms with van der Waals surface area (Å²) in [6, 6.07) is 11.6. The molecule has 0 bridgehead atoms. The summed E-state index contributed by atoms with van der Waals surface area (Å²) < 4.78 is 0. The molecule has 1 aliphatic heterocycles. The van der Waals surface area contributed by atoms with Gasteiger partial charge in [0.2, 0.25) is 5.91 Å². The molecule has 8 heteroatoms. The van der Waals surface area contributed by atoms with Gasteiger partial charge in [-0.2, -0.15) is 0 Å². The second kappa shape index (κ2) is 7.27. The number of amides is 1. The lowest BCUT2D eigenvalue weighted by molar-refractivity contribution is -0.385. The van der Waals surface area contributed by atoms with Gasteiger partial charge >= 0.3 is 0 Å². The summed E-state index contributed by atoms with van der Waals surface area (Å²) in [6.45, 7) is 1.14. The fourth-order valence-corrected chi connectivity index (χ4v) is 2.87. The molecule has 25 heavy (non-hydrogen) atoms. The number of likely N-dealkylation sites (tertiary alicyclic amines) is 1. The van der Waals surface area contributed by atoms with Crippen LogP contribution in [0.5, 0.6) is 0 Å². The number of nitro groups is 1. The first-order valence-corrected chi connectivity index (χ1v) is 8.01. The van der Waals surface area contributed by atoms with E-state index in [0.29, 0.717) is 18.9 Å². The lowest BCUT2D eigenvalue weighted by atomic mass is 10.1. The molecule has 1 aromatic carbocycles. The highest BCUT2D eigenvalue weighted by Crippen LogP contribution is 2.20. The molecule has 0 spiro atoms. The first-order valence-electron chi connectivity index (χ1n) is 8.01. The van der Waals surface area contributed by atoms with E-state index in [1.54, 1.807) is 11.0 Å². The fraction of sp³-hybridized carbons (Fsp3) is 0.294. The van der Waals surface area contributed by atoms with E-state index in [1.165, 1.54) is 12.3 Å². The van der Waals surface area contributed by atoms with Crippen molar-refractivity contribution in [3.63, 3.8) is 0 Å². The number of nitrogens with one attached hydrogen (secondary N) is 1. The number of nitrogens with zero attached hydrogens (tertiary/aromatic N) is 3. The number of rotatable bonds is 5. The van der Waals surface area contributed by atoms with Crippen molar-refractivity contribution in [2.75, 3.05) is 18.4 Å². The molecular formula is C17H19N5O3. The van der Waals surface area contributed by atoms with Crippen LogP contribution in [0.4, 0.5) is 11.5 Å². The van der Waals surface area contributed by atoms with Gasteiger partial charge < -0.3 is 16.0 Å². The number of aromatic nitrogens is 1. The number of anilines is 1. The van der Waals surface area contributed by atoms with Gasteiger partial charge in [0, 0.05) is 25.2 Å². The van der Waals surface area contributed by atoms with Crippen LogP contribution < -0.4 is 11.1 Å². The van der Waals surface area contributed by atoms with Crippen molar-refractivity contribution in [1.29, 1.82) is 0 Å². The second-order valence-electron chi connectivity index (χ2n) is 5.96. The topological polar surface area (TPSA) is 114 Å². The Labute approximate surface area is 144 Å². The van der Waals surface area contributed by atoms with Gasteiger partial charge in [0.1, 0.15) is 18.1 Å². The molecule has 0 saturated carbocycles. The molecule has 1 saturated heterocycles. The van der Waals surface area contributed by atoms with Gasteiger partial charge in [-0.1, -0.05) is 30.3 Å². The maximum absolute atomic E-state index is 12.5. The Morgan fingerprint density at radius 1 is 1.32 bits per heavy atom. The lowest BCUT2D eigenvalue weighted by Crippen LogP contribution is -2.38. The highest BCUT2D eigenvalue weighted by Gasteiger charge is 2.30. The van der Waals surface area contributed by atoms with Crippen molar-refractivity contribution in [3.05, 3.63) is 64.3 Å². The van der Waals surface area contributed by atoms with E-state index in [1.807, 2.05) is 30.3 Å². The minimum atomic E-state index is -0.669. The summed E-state index contributed by atoms with van der Waals surface area (Å²) in [5.41, 5.74) is 6.81. The van der Waals surface area contributed by atoms with Crippen molar-refractivity contribution in [1.82, 2.24) is 9.88 Å². The Balaban J connectivity index is 1.58. The molecule has 2 aromatic rings. The third-order valence-electron chi connectivity index (χ3n) is 4.24. The monoisotopic (exact) mass is 341 g/mol. The molecule has 3 N–H and O–H groups in total. The largest absolute Gasteiger partial charge is 0.365 e. The molecule has 130 valence electrons. The molecular weight excluding hydrogens is 322 g/mol. The maximum atomic E-state index is 12.5. The van der Waals surface area contributed by atoms with Gasteiger partial charge in [0.15, 0.2) is 0 Å². The van der Waals surface area contributed by atoms with Gasteiger partial charge in [-0.05, 0) is 18.1 Å². The highest BCUT2D eigenvalue weighted by atomic mass is 16.6. The summed E-state index contributed by atoms with van der Waals surface area (Å²) in [5, 5.41) is 13.8. The number of hydrogen-bond donors (Lipinski definition) is 2. The van der Waals surface area contributed by atoms with Crippen LogP contribution in [0.25, 0.3) is 0 Å². The van der Waals surface area contributed by atoms with E-state index in [4.69, 9.17) is 5.73 Å². The van der Waals surface area contributed by atoms with Crippen molar-refractivity contribution in [2.24, 2.45) is 5.73 Å². The van der Waals surface area contributed by atoms with Crippen LogP contribution in [0.1, 0.15) is 18.0 Å². The standard InChI is InChI=1S/C17H19N5O3/c18-16(12-4-2-1-3-5-12)17(23)21-9-8-13(11-21)20-15-7-6-14(10-19-15)22(24)25/h1-7,10,13,16H,8-9,11,18H2,(H,19,20). The van der Waals surface area contributed by atoms with Crippen LogP contribution in [-0.2, 0) is 4.79 Å². The Morgan fingerprint density at radius 3 is 2.72 bits per heavy atom. The quantitative estimate of drug-likeness (QED) is 0.632. The van der Waals surface area contributed by atoms with Crippen molar-refractivity contribution in [2.45, 2.75) is 18.5 Å². The first-order chi connectivity index (χ1) is 12.0. The van der Waals surface area contributed by atoms with Crippen LogP contribution >= 0.6 is 0 Å². The van der Waals surface area contributed by atoms with Crippen LogP contribution in [0.2, 0.25) is 0 Å². The second-order valence-corrected chi connectivity index (χ2v) is 5.96. The lowest BCUT2D eigenvalue weighted by Gasteiger charge is -2.21. The van der Waals surface area contributed by atoms with Crippen LogP contribution in [-0.4, -0.2) is 39.8 Å². The van der Waals surface area contributed by atoms with Crippen molar-refractivity contribution in [3.8, 4) is 0 Å². The predicted octanol–water partition coefficient (Wildman–Crippen LogP) is 1.70. The van der Waals surface area contributed by atoms with E-state index < -0.39 is 11.0 Å². The summed E-state index contributed by atoms with van der Waals surface area (Å²) >= 11 is 0. The Kier molecular flexibility index (Phi) is 4.90. The average molecular weight is 341 g/mol. The Hall–Kier alpha value is -3.00. The van der Waals surface area contributed by atoms with Crippen molar-refractivity contribution < 1.29 is 9.72 Å². The van der Waals surface area contributed by atoms with Gasteiger partial charge in [0.05, 0.1) is 4.92 Å². The van der Waals surface area contributed by atoms with Gasteiger partial charge in [-0.3, -0.25) is 14.9 Å². The number of carbonyl (C=O) groups is 1. The third kappa shape index (κ3) is 3.92. The zero-order valence-electron chi connectivity index (χ0n) is 13.5. The molecule has 1 fully saturated rings. The molecule has 1 aliphatic rings. The van der Waals surface area contributed by atoms with Gasteiger partial charge in [0.25, 0.3) is 5.69 Å². The summed E-state index contributed by atoms with van der Waals surface area (Å²) in [4.78, 5) is 28.5. The van der Waals surface area contributed by atoms with Gasteiger partial charge in [-0.15, -0.1) is 0 Å². The number of hydrogen-bond acceptors (Lipinski definition) is 6. The molecule has 2 atom stereocenters. The van der Waals surface area contributed by atoms with Gasteiger partial charge in [-0.25, -0.2) is 4.98 Å². The smallest absolute Gasteiger partial charge is 0.287 e. The third-order valence-corrected chi connectivity index (χ3v) is 4.24.